The van der Waals surface area contributed by atoms with Crippen molar-refractivity contribution in [1.82, 2.24) is 20.5 Å². The molecule has 6 nitrogen and oxygen atoms in total. The lowest BCUT2D eigenvalue weighted by atomic mass is 10.1. The Bertz CT molecular complexity index is 753. The highest BCUT2D eigenvalue weighted by Crippen LogP contribution is 2.14. The maximum atomic E-state index is 5.82. The molecule has 0 spiro atoms. The largest absolute Gasteiger partial charge is 0.373 e. The minimum absolute atomic E-state index is 0.305. The van der Waals surface area contributed by atoms with E-state index in [1.807, 2.05) is 24.4 Å². The fourth-order valence-electron chi connectivity index (χ4n) is 3.70. The zero-order chi connectivity index (χ0) is 20.5. The Labute approximate surface area is 174 Å². The van der Waals surface area contributed by atoms with E-state index in [2.05, 4.69) is 63.6 Å². The molecule has 3 rings (SSSR count). The number of morpholine rings is 1. The van der Waals surface area contributed by atoms with Crippen LogP contribution in [-0.2, 0) is 24.2 Å². The van der Waals surface area contributed by atoms with E-state index in [-0.39, 0.29) is 0 Å². The molecule has 2 N–H and O–H groups in total. The number of ether oxygens (including phenoxy) is 1. The van der Waals surface area contributed by atoms with Gasteiger partial charge >= 0.3 is 0 Å². The summed E-state index contributed by atoms with van der Waals surface area (Å²) in [6, 6.07) is 14.8. The molecule has 0 radical (unpaired) electrons. The predicted octanol–water partition coefficient (Wildman–Crippen LogP) is 2.60. The Balaban J connectivity index is 1.41. The average molecular weight is 396 g/mol. The lowest BCUT2D eigenvalue weighted by molar-refractivity contribution is -0.0704. The summed E-state index contributed by atoms with van der Waals surface area (Å²) >= 11 is 0. The molecular weight excluding hydrogens is 362 g/mol. The van der Waals surface area contributed by atoms with E-state index in [1.54, 1.807) is 7.05 Å². The second kappa shape index (κ2) is 10.9. The molecule has 0 amide bonds. The van der Waals surface area contributed by atoms with Crippen LogP contribution in [-0.4, -0.2) is 54.7 Å². The average Bonchev–Trinajstić information content (AvgIpc) is 2.71. The van der Waals surface area contributed by atoms with Crippen molar-refractivity contribution in [2.24, 2.45) is 4.99 Å². The molecule has 1 aromatic heterocycles. The van der Waals surface area contributed by atoms with E-state index in [1.165, 1.54) is 11.1 Å². The van der Waals surface area contributed by atoms with Crippen molar-refractivity contribution in [1.29, 1.82) is 0 Å². The second-order valence-electron chi connectivity index (χ2n) is 7.69. The molecule has 0 aliphatic carbocycles. The van der Waals surface area contributed by atoms with Crippen LogP contribution in [0.3, 0.4) is 0 Å². The van der Waals surface area contributed by atoms with Crippen molar-refractivity contribution >= 4 is 5.96 Å². The van der Waals surface area contributed by atoms with Crippen molar-refractivity contribution < 1.29 is 4.74 Å². The number of aliphatic imine (C=N–C) groups is 1. The van der Waals surface area contributed by atoms with E-state index >= 15 is 0 Å². The zero-order valence-corrected chi connectivity index (χ0v) is 17.8. The first-order chi connectivity index (χ1) is 14.1. The number of benzene rings is 1. The van der Waals surface area contributed by atoms with Crippen LogP contribution in [0.4, 0.5) is 0 Å². The molecular formula is C23H33N5O. The molecule has 156 valence electrons. The number of guanidine groups is 1. The SMILES string of the molecule is CN=C(NCCc1ccccn1)NCc1ccc(CN2CC(C)OC(C)C2)cc1. The standard InChI is InChI=1S/C23H33N5O/c1-18-15-28(16-19(2)29-18)17-21-9-7-20(8-10-21)14-27-23(24-3)26-13-11-22-6-4-5-12-25-22/h4-10,12,18-19H,11,13-17H2,1-3H3,(H2,24,26,27). The highest BCUT2D eigenvalue weighted by molar-refractivity contribution is 5.79. The molecule has 1 aliphatic heterocycles. The topological polar surface area (TPSA) is 61.8 Å². The van der Waals surface area contributed by atoms with Gasteiger partial charge in [0.05, 0.1) is 12.2 Å². The number of pyridine rings is 1. The maximum absolute atomic E-state index is 5.82. The van der Waals surface area contributed by atoms with E-state index in [0.717, 1.165) is 50.8 Å². The van der Waals surface area contributed by atoms with E-state index in [0.29, 0.717) is 12.2 Å². The van der Waals surface area contributed by atoms with Gasteiger partial charge in [-0.3, -0.25) is 14.9 Å². The maximum Gasteiger partial charge on any atom is 0.191 e. The molecule has 2 aromatic rings. The van der Waals surface area contributed by atoms with Gasteiger partial charge in [-0.05, 0) is 37.1 Å². The molecule has 1 saturated heterocycles. The van der Waals surface area contributed by atoms with Gasteiger partial charge in [0.2, 0.25) is 0 Å². The Morgan fingerprint density at radius 1 is 1.07 bits per heavy atom. The summed E-state index contributed by atoms with van der Waals surface area (Å²) in [4.78, 5) is 11.1. The Hall–Kier alpha value is -2.44. The fraction of sp³-hybridized carbons (Fsp3) is 0.478. The van der Waals surface area contributed by atoms with Crippen LogP contribution in [0.15, 0.2) is 53.7 Å². The van der Waals surface area contributed by atoms with E-state index < -0.39 is 0 Å². The summed E-state index contributed by atoms with van der Waals surface area (Å²) in [7, 11) is 1.80. The fourth-order valence-corrected chi connectivity index (χ4v) is 3.70. The van der Waals surface area contributed by atoms with Gasteiger partial charge < -0.3 is 15.4 Å². The first-order valence-electron chi connectivity index (χ1n) is 10.4. The van der Waals surface area contributed by atoms with Gasteiger partial charge in [-0.15, -0.1) is 0 Å². The summed E-state index contributed by atoms with van der Waals surface area (Å²) < 4.78 is 5.82. The third kappa shape index (κ3) is 7.15. The Morgan fingerprint density at radius 3 is 2.45 bits per heavy atom. The summed E-state index contributed by atoms with van der Waals surface area (Å²) in [6.45, 7) is 8.80. The lowest BCUT2D eigenvalue weighted by Crippen LogP contribution is -2.44. The highest BCUT2D eigenvalue weighted by Gasteiger charge is 2.21. The quantitative estimate of drug-likeness (QED) is 0.557. The first kappa shape index (κ1) is 21.3. The van der Waals surface area contributed by atoms with Crippen molar-refractivity contribution in [2.75, 3.05) is 26.7 Å². The van der Waals surface area contributed by atoms with E-state index in [9.17, 15) is 0 Å². The number of nitrogens with one attached hydrogen (secondary N) is 2. The van der Waals surface area contributed by atoms with Crippen molar-refractivity contribution in [2.45, 2.75) is 45.6 Å². The predicted molar refractivity (Wildman–Crippen MR) is 118 cm³/mol. The minimum atomic E-state index is 0.305. The number of hydrogen-bond acceptors (Lipinski definition) is 4. The number of rotatable bonds is 7. The monoisotopic (exact) mass is 395 g/mol. The van der Waals surface area contributed by atoms with Gasteiger partial charge in [0.25, 0.3) is 0 Å². The zero-order valence-electron chi connectivity index (χ0n) is 17.8. The van der Waals surface area contributed by atoms with Crippen LogP contribution in [0, 0.1) is 0 Å². The lowest BCUT2D eigenvalue weighted by Gasteiger charge is -2.35. The normalized spacial score (nSPS) is 20.4. The number of nitrogens with zero attached hydrogens (tertiary/aromatic N) is 3. The molecule has 1 fully saturated rings. The number of hydrogen-bond donors (Lipinski definition) is 2. The third-order valence-corrected chi connectivity index (χ3v) is 5.01. The minimum Gasteiger partial charge on any atom is -0.373 e. The van der Waals surface area contributed by atoms with Crippen LogP contribution in [0.5, 0.6) is 0 Å². The van der Waals surface area contributed by atoms with Gasteiger partial charge in [-0.2, -0.15) is 0 Å². The van der Waals surface area contributed by atoms with Gasteiger partial charge in [-0.1, -0.05) is 30.3 Å². The van der Waals surface area contributed by atoms with Crippen molar-refractivity contribution in [3.05, 3.63) is 65.5 Å². The molecule has 1 aliphatic rings. The molecule has 2 unspecified atom stereocenters. The second-order valence-corrected chi connectivity index (χ2v) is 7.69. The summed E-state index contributed by atoms with van der Waals surface area (Å²) in [5.41, 5.74) is 3.66. The molecule has 2 heterocycles. The Kier molecular flexibility index (Phi) is 8.02. The number of aromatic nitrogens is 1. The molecule has 6 heteroatoms. The van der Waals surface area contributed by atoms with Gasteiger partial charge in [0.1, 0.15) is 0 Å². The van der Waals surface area contributed by atoms with Crippen LogP contribution >= 0.6 is 0 Å². The molecule has 0 bridgehead atoms. The van der Waals surface area contributed by atoms with E-state index in [4.69, 9.17) is 4.74 Å². The molecule has 29 heavy (non-hydrogen) atoms. The highest BCUT2D eigenvalue weighted by atomic mass is 16.5. The van der Waals surface area contributed by atoms with Gasteiger partial charge in [-0.25, -0.2) is 0 Å². The van der Waals surface area contributed by atoms with Crippen molar-refractivity contribution in [3.8, 4) is 0 Å². The van der Waals surface area contributed by atoms with Crippen LogP contribution < -0.4 is 10.6 Å². The Morgan fingerprint density at radius 2 is 1.79 bits per heavy atom. The molecule has 1 aromatic carbocycles. The smallest absolute Gasteiger partial charge is 0.191 e. The van der Waals surface area contributed by atoms with Crippen LogP contribution in [0.1, 0.15) is 30.7 Å². The summed E-state index contributed by atoms with van der Waals surface area (Å²) in [6.07, 6.45) is 3.31. The first-order valence-corrected chi connectivity index (χ1v) is 10.4. The van der Waals surface area contributed by atoms with Crippen LogP contribution in [0.2, 0.25) is 0 Å². The summed E-state index contributed by atoms with van der Waals surface area (Å²) in [5.74, 6) is 0.807. The van der Waals surface area contributed by atoms with Gasteiger partial charge in [0, 0.05) is 58.1 Å². The van der Waals surface area contributed by atoms with Crippen molar-refractivity contribution in [3.63, 3.8) is 0 Å². The van der Waals surface area contributed by atoms with Crippen LogP contribution in [0.25, 0.3) is 0 Å². The van der Waals surface area contributed by atoms with Gasteiger partial charge in [0.15, 0.2) is 5.96 Å². The summed E-state index contributed by atoms with van der Waals surface area (Å²) in [5, 5.41) is 6.72. The molecule has 2 atom stereocenters. The third-order valence-electron chi connectivity index (χ3n) is 5.01. The molecule has 0 saturated carbocycles.